The highest BCUT2D eigenvalue weighted by atomic mass is 16.1. The van der Waals surface area contributed by atoms with Crippen LogP contribution in [0.5, 0.6) is 0 Å². The molecule has 0 unspecified atom stereocenters. The first-order valence-electron chi connectivity index (χ1n) is 8.17. The molecule has 1 aliphatic rings. The minimum atomic E-state index is 0.0469. The molecule has 0 aliphatic carbocycles. The van der Waals surface area contributed by atoms with Gasteiger partial charge in [0.25, 0.3) is 0 Å². The Kier molecular flexibility index (Phi) is 5.77. The van der Waals surface area contributed by atoms with Gasteiger partial charge >= 0.3 is 0 Å². The number of aromatic nitrogens is 1. The lowest BCUT2D eigenvalue weighted by Gasteiger charge is -2.23. The Morgan fingerprint density at radius 3 is 2.73 bits per heavy atom. The summed E-state index contributed by atoms with van der Waals surface area (Å²) in [7, 11) is 0. The fraction of sp³-hybridized carbons (Fsp3) is 0.647. The van der Waals surface area contributed by atoms with E-state index in [-0.39, 0.29) is 11.3 Å². The number of rotatable bonds is 6. The van der Waals surface area contributed by atoms with E-state index in [0.29, 0.717) is 30.1 Å². The summed E-state index contributed by atoms with van der Waals surface area (Å²) in [5, 5.41) is 2.90. The van der Waals surface area contributed by atoms with Crippen molar-refractivity contribution in [3.63, 3.8) is 0 Å². The topological polar surface area (TPSA) is 65.2 Å². The van der Waals surface area contributed by atoms with Crippen LogP contribution in [0, 0.1) is 13.8 Å². The molecule has 5 heteroatoms. The van der Waals surface area contributed by atoms with Crippen molar-refractivity contribution in [2.45, 2.75) is 59.0 Å². The van der Waals surface area contributed by atoms with Crippen molar-refractivity contribution in [3.8, 4) is 0 Å². The molecule has 0 aromatic carbocycles. The third-order valence-corrected chi connectivity index (χ3v) is 4.63. The predicted molar refractivity (Wildman–Crippen MR) is 87.9 cm³/mol. The molecule has 1 aromatic heterocycles. The lowest BCUT2D eigenvalue weighted by molar-refractivity contribution is -0.121. The van der Waals surface area contributed by atoms with Crippen molar-refractivity contribution in [1.82, 2.24) is 15.2 Å². The molecule has 1 fully saturated rings. The van der Waals surface area contributed by atoms with E-state index in [2.05, 4.69) is 22.1 Å². The van der Waals surface area contributed by atoms with Crippen molar-refractivity contribution < 1.29 is 4.79 Å². The smallest absolute Gasteiger partial charge is 0.220 e. The van der Waals surface area contributed by atoms with Gasteiger partial charge < -0.3 is 15.2 Å². The van der Waals surface area contributed by atoms with E-state index in [0.717, 1.165) is 25.2 Å². The highest BCUT2D eigenvalue weighted by Crippen LogP contribution is 2.14. The van der Waals surface area contributed by atoms with E-state index >= 15 is 0 Å². The number of hydrogen-bond acceptors (Lipinski definition) is 3. The van der Waals surface area contributed by atoms with Crippen molar-refractivity contribution in [3.05, 3.63) is 33.2 Å². The zero-order valence-corrected chi connectivity index (χ0v) is 13.9. The van der Waals surface area contributed by atoms with Crippen molar-refractivity contribution in [2.24, 2.45) is 0 Å². The van der Waals surface area contributed by atoms with Crippen LogP contribution in [0.2, 0.25) is 0 Å². The van der Waals surface area contributed by atoms with E-state index < -0.39 is 0 Å². The number of carbonyl (C=O) groups is 1. The van der Waals surface area contributed by atoms with E-state index in [4.69, 9.17) is 0 Å². The van der Waals surface area contributed by atoms with E-state index in [1.165, 1.54) is 12.8 Å². The Morgan fingerprint density at radius 2 is 2.05 bits per heavy atom. The third kappa shape index (κ3) is 4.19. The van der Waals surface area contributed by atoms with Crippen molar-refractivity contribution in [2.75, 3.05) is 13.1 Å². The molecule has 1 amide bonds. The monoisotopic (exact) mass is 305 g/mol. The highest BCUT2D eigenvalue weighted by molar-refractivity contribution is 5.75. The second kappa shape index (κ2) is 7.58. The third-order valence-electron chi connectivity index (χ3n) is 4.63. The van der Waals surface area contributed by atoms with Gasteiger partial charge in [-0.2, -0.15) is 0 Å². The molecule has 1 aromatic rings. The van der Waals surface area contributed by atoms with E-state index in [9.17, 15) is 9.59 Å². The Balaban J connectivity index is 1.78. The van der Waals surface area contributed by atoms with Crippen LogP contribution in [0.3, 0.4) is 0 Å². The Labute approximate surface area is 132 Å². The summed E-state index contributed by atoms with van der Waals surface area (Å²) >= 11 is 0. The molecule has 2 rings (SSSR count). The molecule has 1 atom stereocenters. The van der Waals surface area contributed by atoms with Gasteiger partial charge in [-0.25, -0.2) is 0 Å². The van der Waals surface area contributed by atoms with Gasteiger partial charge in [0.2, 0.25) is 5.91 Å². The first kappa shape index (κ1) is 16.7. The number of likely N-dealkylation sites (tertiary alicyclic amines) is 1. The van der Waals surface area contributed by atoms with Gasteiger partial charge in [0.05, 0.1) is 6.54 Å². The average molecular weight is 305 g/mol. The minimum Gasteiger partial charge on any atom is -0.363 e. The molecule has 2 heterocycles. The molecular formula is C17H27N3O2. The summed E-state index contributed by atoms with van der Waals surface area (Å²) < 4.78 is 0. The highest BCUT2D eigenvalue weighted by Gasteiger charge is 2.18. The molecule has 0 bridgehead atoms. The lowest BCUT2D eigenvalue weighted by Crippen LogP contribution is -2.32. The van der Waals surface area contributed by atoms with Crippen LogP contribution in [0.1, 0.15) is 49.4 Å². The van der Waals surface area contributed by atoms with Gasteiger partial charge in [0.15, 0.2) is 5.43 Å². The molecular weight excluding hydrogens is 278 g/mol. The summed E-state index contributed by atoms with van der Waals surface area (Å²) in [5.41, 5.74) is 2.22. The van der Waals surface area contributed by atoms with E-state index in [1.54, 1.807) is 20.0 Å². The van der Waals surface area contributed by atoms with Gasteiger partial charge in [-0.1, -0.05) is 0 Å². The zero-order chi connectivity index (χ0) is 16.1. The fourth-order valence-corrected chi connectivity index (χ4v) is 2.97. The lowest BCUT2D eigenvalue weighted by atomic mass is 10.1. The van der Waals surface area contributed by atoms with Gasteiger partial charge in [-0.05, 0) is 53.1 Å². The molecule has 0 radical (unpaired) electrons. The van der Waals surface area contributed by atoms with Crippen LogP contribution in [-0.2, 0) is 11.3 Å². The van der Waals surface area contributed by atoms with Crippen LogP contribution < -0.4 is 10.7 Å². The Morgan fingerprint density at radius 1 is 1.36 bits per heavy atom. The summed E-state index contributed by atoms with van der Waals surface area (Å²) in [6, 6.07) is 0.467. The quantitative estimate of drug-likeness (QED) is 0.843. The summed E-state index contributed by atoms with van der Waals surface area (Å²) in [6.45, 7) is 8.48. The zero-order valence-electron chi connectivity index (χ0n) is 13.9. The molecule has 1 saturated heterocycles. The predicted octanol–water partition coefficient (Wildman–Crippen LogP) is 1.87. The van der Waals surface area contributed by atoms with Gasteiger partial charge in [-0.3, -0.25) is 9.59 Å². The van der Waals surface area contributed by atoms with Gasteiger partial charge in [-0.15, -0.1) is 0 Å². The molecule has 0 saturated carbocycles. The normalized spacial score (nSPS) is 16.7. The number of aryl methyl sites for hydroxylation is 1. The largest absolute Gasteiger partial charge is 0.363 e. The number of amides is 1. The molecule has 5 nitrogen and oxygen atoms in total. The number of nitrogens with zero attached hydrogens (tertiary/aromatic N) is 1. The number of hydrogen-bond donors (Lipinski definition) is 2. The second-order valence-electron chi connectivity index (χ2n) is 6.31. The molecule has 22 heavy (non-hydrogen) atoms. The average Bonchev–Trinajstić information content (AvgIpc) is 3.04. The maximum atomic E-state index is 12.0. The summed E-state index contributed by atoms with van der Waals surface area (Å²) in [5.74, 6) is 0.0480. The van der Waals surface area contributed by atoms with Crippen LogP contribution >= 0.6 is 0 Å². The summed E-state index contributed by atoms with van der Waals surface area (Å²) in [4.78, 5) is 29.4. The maximum Gasteiger partial charge on any atom is 0.220 e. The van der Waals surface area contributed by atoms with Crippen LogP contribution in [0.25, 0.3) is 0 Å². The maximum absolute atomic E-state index is 12.0. The number of H-pyrrole nitrogens is 1. The van der Waals surface area contributed by atoms with Crippen LogP contribution in [-0.4, -0.2) is 34.9 Å². The standard InChI is InChI=1S/C17H27N3O2/c1-12-10-18-15(14(3)17(12)22)11-19-16(21)7-6-13(2)20-8-4-5-9-20/h10,13H,4-9,11H2,1-3H3,(H,18,22)(H,19,21)/t13-/m1/s1. The number of aromatic amines is 1. The van der Waals surface area contributed by atoms with Crippen LogP contribution in [0.15, 0.2) is 11.0 Å². The fourth-order valence-electron chi connectivity index (χ4n) is 2.97. The molecule has 2 N–H and O–H groups in total. The Bertz CT molecular complexity index is 574. The van der Waals surface area contributed by atoms with Gasteiger partial charge in [0.1, 0.15) is 0 Å². The van der Waals surface area contributed by atoms with Gasteiger partial charge in [0, 0.05) is 35.5 Å². The summed E-state index contributed by atoms with van der Waals surface area (Å²) in [6.07, 6.45) is 5.67. The van der Waals surface area contributed by atoms with Crippen molar-refractivity contribution in [1.29, 1.82) is 0 Å². The second-order valence-corrected chi connectivity index (χ2v) is 6.31. The first-order chi connectivity index (χ1) is 10.5. The van der Waals surface area contributed by atoms with E-state index in [1.807, 2.05) is 0 Å². The van der Waals surface area contributed by atoms with Crippen molar-refractivity contribution >= 4 is 5.91 Å². The SMILES string of the molecule is Cc1c[nH]c(CNC(=O)CC[C@@H](C)N2CCCC2)c(C)c1=O. The number of nitrogens with one attached hydrogen (secondary N) is 2. The first-order valence-corrected chi connectivity index (χ1v) is 8.17. The number of carbonyl (C=O) groups excluding carboxylic acids is 1. The molecule has 1 aliphatic heterocycles. The molecule has 0 spiro atoms. The molecule has 122 valence electrons. The Hall–Kier alpha value is -1.62. The minimum absolute atomic E-state index is 0.0469. The number of pyridine rings is 1. The van der Waals surface area contributed by atoms with Crippen LogP contribution in [0.4, 0.5) is 0 Å².